The van der Waals surface area contributed by atoms with Gasteiger partial charge in [0.15, 0.2) is 0 Å². The van der Waals surface area contributed by atoms with Crippen molar-refractivity contribution in [3.8, 4) is 5.75 Å². The highest BCUT2D eigenvalue weighted by Crippen LogP contribution is 2.29. The third-order valence-electron chi connectivity index (χ3n) is 4.55. The first-order chi connectivity index (χ1) is 12.2. The molecule has 3 heterocycles. The Bertz CT molecular complexity index is 598. The molecular weight excluding hydrogens is 324 g/mol. The van der Waals surface area contributed by atoms with Crippen molar-refractivity contribution in [3.63, 3.8) is 0 Å². The highest BCUT2D eigenvalue weighted by molar-refractivity contribution is 5.74. The summed E-state index contributed by atoms with van der Waals surface area (Å²) < 4.78 is 11.0. The van der Waals surface area contributed by atoms with E-state index in [1.54, 1.807) is 17.3 Å². The number of carbonyl (C=O) groups excluding carboxylic acids is 2. The van der Waals surface area contributed by atoms with Gasteiger partial charge in [0.05, 0.1) is 19.3 Å². The number of likely N-dealkylation sites (tertiary alicyclic amines) is 1. The van der Waals surface area contributed by atoms with E-state index in [0.717, 1.165) is 25.0 Å². The molecule has 8 heteroatoms. The first kappa shape index (κ1) is 17.3. The fourth-order valence-electron chi connectivity index (χ4n) is 3.15. The van der Waals surface area contributed by atoms with Crippen molar-refractivity contribution in [1.29, 1.82) is 0 Å². The molecule has 2 saturated heterocycles. The van der Waals surface area contributed by atoms with Crippen LogP contribution in [0.4, 0.5) is 9.59 Å². The Balaban J connectivity index is 1.35. The quantitative estimate of drug-likeness (QED) is 0.787. The van der Waals surface area contributed by atoms with Gasteiger partial charge in [0, 0.05) is 32.3 Å². The third-order valence-corrected chi connectivity index (χ3v) is 4.55. The van der Waals surface area contributed by atoms with E-state index in [1.165, 1.54) is 0 Å². The Morgan fingerprint density at radius 1 is 1.44 bits per heavy atom. The highest BCUT2D eigenvalue weighted by atomic mass is 16.6. The summed E-state index contributed by atoms with van der Waals surface area (Å²) in [6.07, 6.45) is 6.01. The monoisotopic (exact) mass is 348 g/mol. The number of nitrogens with zero attached hydrogens (tertiary/aromatic N) is 2. The van der Waals surface area contributed by atoms with Crippen LogP contribution in [0.15, 0.2) is 24.5 Å². The zero-order chi connectivity index (χ0) is 17.5. The number of hydrogen-bond acceptors (Lipinski definition) is 5. The molecule has 1 spiro atoms. The van der Waals surface area contributed by atoms with Crippen LogP contribution in [0.2, 0.25) is 0 Å². The summed E-state index contributed by atoms with van der Waals surface area (Å²) in [7, 11) is 0. The number of ether oxygens (including phenoxy) is 2. The Morgan fingerprint density at radius 3 is 3.12 bits per heavy atom. The summed E-state index contributed by atoms with van der Waals surface area (Å²) in [5.41, 5.74) is -0.441. The van der Waals surface area contributed by atoms with Gasteiger partial charge in [0.1, 0.15) is 11.4 Å². The molecule has 3 amide bonds. The fourth-order valence-corrected chi connectivity index (χ4v) is 3.15. The van der Waals surface area contributed by atoms with E-state index in [1.807, 2.05) is 12.1 Å². The number of aromatic nitrogens is 1. The van der Waals surface area contributed by atoms with E-state index in [0.29, 0.717) is 39.2 Å². The minimum absolute atomic E-state index is 0.0734. The van der Waals surface area contributed by atoms with Gasteiger partial charge in [-0.1, -0.05) is 0 Å². The minimum Gasteiger partial charge on any atom is -0.492 e. The third kappa shape index (κ3) is 4.74. The predicted octanol–water partition coefficient (Wildman–Crippen LogP) is 1.52. The van der Waals surface area contributed by atoms with Crippen molar-refractivity contribution >= 4 is 12.1 Å². The molecule has 2 N–H and O–H groups in total. The number of amides is 3. The van der Waals surface area contributed by atoms with Crippen LogP contribution in [0.25, 0.3) is 0 Å². The predicted molar refractivity (Wildman–Crippen MR) is 90.4 cm³/mol. The maximum Gasteiger partial charge on any atom is 0.407 e. The summed E-state index contributed by atoms with van der Waals surface area (Å²) in [4.78, 5) is 29.4. The minimum atomic E-state index is -0.441. The second-order valence-electron chi connectivity index (χ2n) is 6.39. The lowest BCUT2D eigenvalue weighted by atomic mass is 9.95. The zero-order valence-corrected chi connectivity index (χ0v) is 14.2. The molecular formula is C17H24N4O4. The van der Waals surface area contributed by atoms with Crippen LogP contribution < -0.4 is 15.4 Å². The Hall–Kier alpha value is -2.51. The molecule has 1 aromatic rings. The van der Waals surface area contributed by atoms with Crippen LogP contribution in [-0.2, 0) is 4.74 Å². The molecule has 0 saturated carbocycles. The van der Waals surface area contributed by atoms with Gasteiger partial charge < -0.3 is 25.0 Å². The smallest absolute Gasteiger partial charge is 0.407 e. The van der Waals surface area contributed by atoms with Crippen molar-refractivity contribution in [2.45, 2.75) is 31.3 Å². The van der Waals surface area contributed by atoms with Crippen LogP contribution in [0, 0.1) is 0 Å². The second-order valence-corrected chi connectivity index (χ2v) is 6.39. The van der Waals surface area contributed by atoms with Gasteiger partial charge in [-0.3, -0.25) is 4.98 Å². The van der Waals surface area contributed by atoms with Crippen molar-refractivity contribution in [1.82, 2.24) is 20.5 Å². The van der Waals surface area contributed by atoms with E-state index < -0.39 is 5.60 Å². The molecule has 1 aromatic heterocycles. The maximum atomic E-state index is 12.3. The van der Waals surface area contributed by atoms with Crippen LogP contribution in [0.1, 0.15) is 25.7 Å². The molecule has 0 aliphatic carbocycles. The van der Waals surface area contributed by atoms with Gasteiger partial charge >= 0.3 is 12.1 Å². The van der Waals surface area contributed by atoms with E-state index >= 15 is 0 Å². The number of carbonyl (C=O) groups is 2. The molecule has 0 bridgehead atoms. The molecule has 0 radical (unpaired) electrons. The van der Waals surface area contributed by atoms with Gasteiger partial charge in [-0.2, -0.15) is 0 Å². The molecule has 3 rings (SSSR count). The largest absolute Gasteiger partial charge is 0.492 e. The molecule has 8 nitrogen and oxygen atoms in total. The molecule has 0 aromatic carbocycles. The first-order valence-electron chi connectivity index (χ1n) is 8.69. The molecule has 2 aliphatic heterocycles. The average Bonchev–Trinajstić information content (AvgIpc) is 2.86. The molecule has 1 unspecified atom stereocenters. The van der Waals surface area contributed by atoms with Gasteiger partial charge in [-0.25, -0.2) is 9.59 Å². The van der Waals surface area contributed by atoms with Crippen LogP contribution >= 0.6 is 0 Å². The van der Waals surface area contributed by atoms with Crippen molar-refractivity contribution < 1.29 is 19.1 Å². The summed E-state index contributed by atoms with van der Waals surface area (Å²) in [5, 5.41) is 5.64. The van der Waals surface area contributed by atoms with Crippen molar-refractivity contribution in [2.24, 2.45) is 0 Å². The van der Waals surface area contributed by atoms with E-state index in [2.05, 4.69) is 15.6 Å². The standard InChI is InChI=1S/C17H24N4O4/c22-15(19-8-3-11-24-14-4-1-7-18-12-14)21-9-2-5-17(6-10-21)13-20-16(23)25-17/h1,4,7,12H,2-3,5-6,8-11,13H2,(H,19,22)(H,20,23). The highest BCUT2D eigenvalue weighted by Gasteiger charge is 2.41. The number of urea groups is 1. The van der Waals surface area contributed by atoms with Gasteiger partial charge in [-0.05, 0) is 31.4 Å². The SMILES string of the molecule is O=C1NCC2(CCCN(C(=O)NCCCOc3cccnc3)CC2)O1. The second kappa shape index (κ2) is 8.04. The summed E-state index contributed by atoms with van der Waals surface area (Å²) >= 11 is 0. The van der Waals surface area contributed by atoms with Crippen LogP contribution in [0.5, 0.6) is 5.75 Å². The topological polar surface area (TPSA) is 92.8 Å². The van der Waals surface area contributed by atoms with Crippen molar-refractivity contribution in [3.05, 3.63) is 24.5 Å². The number of rotatable bonds is 5. The molecule has 2 aliphatic rings. The summed E-state index contributed by atoms with van der Waals surface area (Å²) in [6.45, 7) is 2.88. The van der Waals surface area contributed by atoms with E-state index in [4.69, 9.17) is 9.47 Å². The molecule has 2 fully saturated rings. The van der Waals surface area contributed by atoms with Gasteiger partial charge in [-0.15, -0.1) is 0 Å². The normalized spacial score (nSPS) is 22.9. The molecule has 1 atom stereocenters. The van der Waals surface area contributed by atoms with Crippen molar-refractivity contribution in [2.75, 3.05) is 32.8 Å². The maximum absolute atomic E-state index is 12.3. The average molecular weight is 348 g/mol. The Morgan fingerprint density at radius 2 is 2.36 bits per heavy atom. The lowest BCUT2D eigenvalue weighted by Gasteiger charge is -2.25. The van der Waals surface area contributed by atoms with E-state index in [9.17, 15) is 9.59 Å². The lowest BCUT2D eigenvalue weighted by Crippen LogP contribution is -2.42. The Kier molecular flexibility index (Phi) is 5.57. The lowest BCUT2D eigenvalue weighted by molar-refractivity contribution is 0.0453. The number of hydrogen-bond donors (Lipinski definition) is 2. The Labute approximate surface area is 146 Å². The number of pyridine rings is 1. The molecule has 25 heavy (non-hydrogen) atoms. The summed E-state index contributed by atoms with van der Waals surface area (Å²) in [6, 6.07) is 3.60. The summed E-state index contributed by atoms with van der Waals surface area (Å²) in [5.74, 6) is 0.728. The zero-order valence-electron chi connectivity index (χ0n) is 14.2. The molecule has 136 valence electrons. The van der Waals surface area contributed by atoms with Crippen LogP contribution in [0.3, 0.4) is 0 Å². The van der Waals surface area contributed by atoms with Gasteiger partial charge in [0.25, 0.3) is 0 Å². The van der Waals surface area contributed by atoms with Crippen LogP contribution in [-0.4, -0.2) is 60.4 Å². The number of nitrogens with one attached hydrogen (secondary N) is 2. The van der Waals surface area contributed by atoms with E-state index in [-0.39, 0.29) is 12.1 Å². The number of alkyl carbamates (subject to hydrolysis) is 1. The fraction of sp³-hybridized carbons (Fsp3) is 0.588. The first-order valence-corrected chi connectivity index (χ1v) is 8.69. The van der Waals surface area contributed by atoms with Gasteiger partial charge in [0.2, 0.25) is 0 Å².